The van der Waals surface area contributed by atoms with E-state index in [1.54, 1.807) is 12.1 Å². The van der Waals surface area contributed by atoms with Gasteiger partial charge in [-0.2, -0.15) is 0 Å². The second-order valence-corrected chi connectivity index (χ2v) is 6.42. The molecule has 8 nitrogen and oxygen atoms in total. The normalized spacial score (nSPS) is 11.7. The second kappa shape index (κ2) is 9.09. The maximum atomic E-state index is 12.1. The largest absolute Gasteiger partial charge is 0.454 e. The molecule has 0 aromatic heterocycles. The highest BCUT2D eigenvalue weighted by Gasteiger charge is 2.17. The van der Waals surface area contributed by atoms with Gasteiger partial charge in [0.25, 0.3) is 11.8 Å². The second-order valence-electron chi connectivity index (χ2n) is 6.42. The zero-order chi connectivity index (χ0) is 20.8. The maximum absolute atomic E-state index is 12.1. The average molecular weight is 398 g/mol. The smallest absolute Gasteiger partial charge is 0.325 e. The number of anilines is 1. The van der Waals surface area contributed by atoms with E-state index in [1.165, 1.54) is 6.07 Å². The number of esters is 1. The van der Waals surface area contributed by atoms with Crippen LogP contribution in [0.3, 0.4) is 0 Å². The van der Waals surface area contributed by atoms with Crippen LogP contribution in [0.25, 0.3) is 0 Å². The molecule has 3 rings (SSSR count). The SMILES string of the molecule is CCc1cccc(C)c1NC(=O)COC(=O)CNC(=O)c1ccc2c(c1)OCO2. The Morgan fingerprint density at radius 2 is 1.90 bits per heavy atom. The van der Waals surface area contributed by atoms with Crippen molar-refractivity contribution in [3.63, 3.8) is 0 Å². The molecule has 2 amide bonds. The van der Waals surface area contributed by atoms with Crippen LogP contribution in [0.2, 0.25) is 0 Å². The third-order valence-corrected chi connectivity index (χ3v) is 4.40. The predicted molar refractivity (Wildman–Crippen MR) is 105 cm³/mol. The molecular formula is C21H22N2O6. The predicted octanol–water partition coefficient (Wildman–Crippen LogP) is 2.20. The third kappa shape index (κ3) is 5.04. The van der Waals surface area contributed by atoms with Gasteiger partial charge in [-0.05, 0) is 42.7 Å². The number of fused-ring (bicyclic) bond motifs is 1. The van der Waals surface area contributed by atoms with Crippen LogP contribution in [0, 0.1) is 6.92 Å². The molecule has 8 heteroatoms. The zero-order valence-corrected chi connectivity index (χ0v) is 16.2. The van der Waals surface area contributed by atoms with E-state index in [0.717, 1.165) is 23.2 Å². The molecule has 2 aromatic rings. The first-order valence-electron chi connectivity index (χ1n) is 9.19. The topological polar surface area (TPSA) is 103 Å². The molecule has 1 aliphatic rings. The molecule has 0 unspecified atom stereocenters. The van der Waals surface area contributed by atoms with Crippen molar-refractivity contribution in [2.75, 3.05) is 25.3 Å². The van der Waals surface area contributed by atoms with E-state index in [1.807, 2.05) is 32.0 Å². The molecular weight excluding hydrogens is 376 g/mol. The quantitative estimate of drug-likeness (QED) is 0.693. The molecule has 0 bridgehead atoms. The molecule has 0 saturated carbocycles. The minimum absolute atomic E-state index is 0.108. The minimum atomic E-state index is -0.713. The molecule has 2 aromatic carbocycles. The van der Waals surface area contributed by atoms with Crippen LogP contribution in [0.15, 0.2) is 36.4 Å². The number of hydrogen-bond acceptors (Lipinski definition) is 6. The lowest BCUT2D eigenvalue weighted by Gasteiger charge is -2.13. The molecule has 0 aliphatic carbocycles. The van der Waals surface area contributed by atoms with E-state index in [2.05, 4.69) is 10.6 Å². The summed E-state index contributed by atoms with van der Waals surface area (Å²) < 4.78 is 15.3. The molecule has 0 radical (unpaired) electrons. The summed E-state index contributed by atoms with van der Waals surface area (Å²) in [6.45, 7) is 3.21. The first-order chi connectivity index (χ1) is 14.0. The van der Waals surface area contributed by atoms with Gasteiger partial charge in [-0.1, -0.05) is 25.1 Å². The fourth-order valence-electron chi connectivity index (χ4n) is 2.87. The summed E-state index contributed by atoms with van der Waals surface area (Å²) in [6, 6.07) is 10.5. The summed E-state index contributed by atoms with van der Waals surface area (Å²) >= 11 is 0. The van der Waals surface area contributed by atoms with E-state index >= 15 is 0 Å². The fraction of sp³-hybridized carbons (Fsp3) is 0.286. The Hall–Kier alpha value is -3.55. The van der Waals surface area contributed by atoms with Gasteiger partial charge < -0.3 is 24.8 Å². The lowest BCUT2D eigenvalue weighted by Crippen LogP contribution is -2.32. The Kier molecular flexibility index (Phi) is 6.33. The van der Waals surface area contributed by atoms with Gasteiger partial charge in [-0.15, -0.1) is 0 Å². The summed E-state index contributed by atoms with van der Waals surface area (Å²) in [7, 11) is 0. The molecule has 0 saturated heterocycles. The van der Waals surface area contributed by atoms with Gasteiger partial charge in [-0.3, -0.25) is 14.4 Å². The number of aryl methyl sites for hydroxylation is 2. The number of para-hydroxylation sites is 1. The van der Waals surface area contributed by atoms with Crippen LogP contribution in [0.5, 0.6) is 11.5 Å². The van der Waals surface area contributed by atoms with Gasteiger partial charge in [-0.25, -0.2) is 0 Å². The summed E-state index contributed by atoms with van der Waals surface area (Å²) in [5.41, 5.74) is 2.99. The summed E-state index contributed by atoms with van der Waals surface area (Å²) in [6.07, 6.45) is 0.767. The summed E-state index contributed by atoms with van der Waals surface area (Å²) in [4.78, 5) is 36.1. The number of benzene rings is 2. The van der Waals surface area contributed by atoms with Crippen molar-refractivity contribution < 1.29 is 28.6 Å². The van der Waals surface area contributed by atoms with Gasteiger partial charge in [0, 0.05) is 11.3 Å². The van der Waals surface area contributed by atoms with Gasteiger partial charge in [0.1, 0.15) is 6.54 Å². The Labute approximate surface area is 168 Å². The minimum Gasteiger partial charge on any atom is -0.454 e. The molecule has 29 heavy (non-hydrogen) atoms. The van der Waals surface area contributed by atoms with Gasteiger partial charge in [0.05, 0.1) is 0 Å². The average Bonchev–Trinajstić information content (AvgIpc) is 3.19. The summed E-state index contributed by atoms with van der Waals surface area (Å²) in [5.74, 6) is -0.581. The molecule has 0 spiro atoms. The number of nitrogens with one attached hydrogen (secondary N) is 2. The van der Waals surface area contributed by atoms with Gasteiger partial charge in [0.2, 0.25) is 6.79 Å². The zero-order valence-electron chi connectivity index (χ0n) is 16.2. The number of ether oxygens (including phenoxy) is 3. The highest BCUT2D eigenvalue weighted by molar-refractivity contribution is 5.97. The van der Waals surface area contributed by atoms with E-state index in [9.17, 15) is 14.4 Å². The lowest BCUT2D eigenvalue weighted by molar-refractivity contribution is -0.146. The Balaban J connectivity index is 1.45. The molecule has 0 atom stereocenters. The Bertz CT molecular complexity index is 941. The molecule has 1 heterocycles. The highest BCUT2D eigenvalue weighted by Crippen LogP contribution is 2.32. The van der Waals surface area contributed by atoms with E-state index in [-0.39, 0.29) is 13.3 Å². The molecule has 152 valence electrons. The van der Waals surface area contributed by atoms with Crippen molar-refractivity contribution in [2.45, 2.75) is 20.3 Å². The van der Waals surface area contributed by atoms with E-state index in [4.69, 9.17) is 14.2 Å². The van der Waals surface area contributed by atoms with Crippen LogP contribution in [-0.4, -0.2) is 37.7 Å². The Morgan fingerprint density at radius 3 is 2.69 bits per heavy atom. The number of hydrogen-bond donors (Lipinski definition) is 2. The van der Waals surface area contributed by atoms with Gasteiger partial charge in [0.15, 0.2) is 18.1 Å². The first-order valence-corrected chi connectivity index (χ1v) is 9.19. The third-order valence-electron chi connectivity index (χ3n) is 4.40. The van der Waals surface area contributed by atoms with Crippen molar-refractivity contribution in [3.05, 3.63) is 53.1 Å². The van der Waals surface area contributed by atoms with E-state index in [0.29, 0.717) is 17.1 Å². The summed E-state index contributed by atoms with van der Waals surface area (Å²) in [5, 5.41) is 5.22. The van der Waals surface area contributed by atoms with Crippen molar-refractivity contribution in [1.29, 1.82) is 0 Å². The van der Waals surface area contributed by atoms with Crippen LogP contribution < -0.4 is 20.1 Å². The lowest BCUT2D eigenvalue weighted by atomic mass is 10.1. The number of rotatable bonds is 7. The van der Waals surface area contributed by atoms with Crippen LogP contribution in [-0.2, 0) is 20.7 Å². The monoisotopic (exact) mass is 398 g/mol. The van der Waals surface area contributed by atoms with Crippen LogP contribution >= 0.6 is 0 Å². The Morgan fingerprint density at radius 1 is 1.10 bits per heavy atom. The fourth-order valence-corrected chi connectivity index (χ4v) is 2.87. The molecule has 1 aliphatic heterocycles. The van der Waals surface area contributed by atoms with Crippen molar-refractivity contribution in [3.8, 4) is 11.5 Å². The van der Waals surface area contributed by atoms with Crippen molar-refractivity contribution in [2.24, 2.45) is 0 Å². The van der Waals surface area contributed by atoms with Gasteiger partial charge >= 0.3 is 5.97 Å². The van der Waals surface area contributed by atoms with E-state index < -0.39 is 24.4 Å². The van der Waals surface area contributed by atoms with Crippen LogP contribution in [0.1, 0.15) is 28.4 Å². The highest BCUT2D eigenvalue weighted by atomic mass is 16.7. The molecule has 0 fully saturated rings. The van der Waals surface area contributed by atoms with Crippen molar-refractivity contribution in [1.82, 2.24) is 5.32 Å². The number of carbonyl (C=O) groups is 3. The standard InChI is InChI=1S/C21H22N2O6/c1-3-14-6-4-5-13(2)20(14)23-18(24)11-27-19(25)10-22-21(26)15-7-8-16-17(9-15)29-12-28-16/h4-9H,3,10-12H2,1-2H3,(H,22,26)(H,23,24). The number of carbonyl (C=O) groups excluding carboxylic acids is 3. The molecule has 2 N–H and O–H groups in total. The first kappa shape index (κ1) is 20.2. The van der Waals surface area contributed by atoms with Crippen LogP contribution in [0.4, 0.5) is 5.69 Å². The number of amides is 2. The van der Waals surface area contributed by atoms with Crippen molar-refractivity contribution >= 4 is 23.5 Å². The maximum Gasteiger partial charge on any atom is 0.325 e.